The first-order valence-corrected chi connectivity index (χ1v) is 9.64. The van der Waals surface area contributed by atoms with Crippen molar-refractivity contribution in [3.63, 3.8) is 0 Å². The van der Waals surface area contributed by atoms with Crippen molar-refractivity contribution in [1.29, 1.82) is 0 Å². The van der Waals surface area contributed by atoms with Crippen LogP contribution >= 0.6 is 0 Å². The average molecular weight is 313 g/mol. The molecule has 2 nitrogen and oxygen atoms in total. The average Bonchev–Trinajstić information content (AvgIpc) is 2.64. The number of rotatable bonds is 4. The molecule has 2 saturated carbocycles. The molecule has 1 atom stereocenters. The summed E-state index contributed by atoms with van der Waals surface area (Å²) in [6, 6.07) is 11.3. The van der Waals surface area contributed by atoms with Crippen LogP contribution in [0.5, 0.6) is 0 Å². The van der Waals surface area contributed by atoms with E-state index in [1.54, 1.807) is 0 Å². The summed E-state index contributed by atoms with van der Waals surface area (Å²) in [6.45, 7) is 2.09. The van der Waals surface area contributed by atoms with E-state index in [2.05, 4.69) is 24.0 Å². The molecule has 126 valence electrons. The molecule has 2 aliphatic carbocycles. The molecule has 1 aromatic rings. The lowest BCUT2D eigenvalue weighted by molar-refractivity contribution is -0.139. The molecule has 23 heavy (non-hydrogen) atoms. The third kappa shape index (κ3) is 3.97. The highest BCUT2D eigenvalue weighted by Gasteiger charge is 2.34. The quantitative estimate of drug-likeness (QED) is 0.740. The fraction of sp³-hybridized carbons (Fsp3) is 0.667. The minimum Gasteiger partial charge on any atom is -0.336 e. The molecular formula is C21H31NO. The Balaban J connectivity index is 1.79. The molecule has 0 aromatic heterocycles. The highest BCUT2D eigenvalue weighted by Crippen LogP contribution is 2.33. The van der Waals surface area contributed by atoms with Gasteiger partial charge in [0.05, 0.1) is 5.92 Å². The first kappa shape index (κ1) is 16.5. The van der Waals surface area contributed by atoms with Gasteiger partial charge in [0.15, 0.2) is 0 Å². The van der Waals surface area contributed by atoms with Gasteiger partial charge in [-0.3, -0.25) is 4.79 Å². The summed E-state index contributed by atoms with van der Waals surface area (Å²) in [7, 11) is 0. The van der Waals surface area contributed by atoms with Crippen LogP contribution in [0.4, 0.5) is 0 Å². The van der Waals surface area contributed by atoms with Gasteiger partial charge in [0, 0.05) is 12.1 Å². The van der Waals surface area contributed by atoms with Crippen LogP contribution < -0.4 is 0 Å². The van der Waals surface area contributed by atoms with Crippen molar-refractivity contribution in [2.24, 2.45) is 0 Å². The maximum atomic E-state index is 13.4. The van der Waals surface area contributed by atoms with E-state index in [-0.39, 0.29) is 5.92 Å². The molecule has 0 bridgehead atoms. The van der Waals surface area contributed by atoms with Gasteiger partial charge in [-0.05, 0) is 38.2 Å². The van der Waals surface area contributed by atoms with Crippen molar-refractivity contribution in [2.45, 2.75) is 89.1 Å². The smallest absolute Gasteiger partial charge is 0.230 e. The number of hydrogen-bond acceptors (Lipinski definition) is 1. The zero-order valence-electron chi connectivity index (χ0n) is 14.5. The minimum absolute atomic E-state index is 0.0138. The fourth-order valence-electron chi connectivity index (χ4n) is 4.48. The lowest BCUT2D eigenvalue weighted by Gasteiger charge is -2.43. The topological polar surface area (TPSA) is 20.3 Å². The molecular weight excluding hydrogens is 282 g/mol. The van der Waals surface area contributed by atoms with Crippen LogP contribution in [0.15, 0.2) is 30.3 Å². The Hall–Kier alpha value is -1.31. The Kier molecular flexibility index (Phi) is 5.75. The van der Waals surface area contributed by atoms with Crippen molar-refractivity contribution in [3.8, 4) is 0 Å². The monoisotopic (exact) mass is 313 g/mol. The predicted octanol–water partition coefficient (Wildman–Crippen LogP) is 5.28. The Morgan fingerprint density at radius 1 is 0.870 bits per heavy atom. The first-order chi connectivity index (χ1) is 11.3. The molecule has 0 N–H and O–H groups in total. The molecule has 1 amide bonds. The van der Waals surface area contributed by atoms with E-state index in [4.69, 9.17) is 0 Å². The van der Waals surface area contributed by atoms with Crippen LogP contribution in [-0.4, -0.2) is 22.9 Å². The molecule has 2 heteroatoms. The highest BCUT2D eigenvalue weighted by molar-refractivity contribution is 5.84. The normalized spacial score (nSPS) is 21.8. The van der Waals surface area contributed by atoms with E-state index in [0.29, 0.717) is 18.0 Å². The molecule has 1 unspecified atom stereocenters. The fourth-order valence-corrected chi connectivity index (χ4v) is 4.48. The zero-order chi connectivity index (χ0) is 16.1. The van der Waals surface area contributed by atoms with Crippen LogP contribution in [0.25, 0.3) is 0 Å². The summed E-state index contributed by atoms with van der Waals surface area (Å²) < 4.78 is 0. The van der Waals surface area contributed by atoms with Crippen LogP contribution in [0.1, 0.15) is 82.6 Å². The molecule has 2 aliphatic rings. The summed E-state index contributed by atoms with van der Waals surface area (Å²) in [5.74, 6) is 0.357. The summed E-state index contributed by atoms with van der Waals surface area (Å²) in [4.78, 5) is 15.7. The van der Waals surface area contributed by atoms with Crippen LogP contribution in [0, 0.1) is 0 Å². The number of carbonyl (C=O) groups excluding carboxylic acids is 1. The second kappa shape index (κ2) is 7.99. The highest BCUT2D eigenvalue weighted by atomic mass is 16.2. The van der Waals surface area contributed by atoms with Gasteiger partial charge >= 0.3 is 0 Å². The summed E-state index contributed by atoms with van der Waals surface area (Å²) in [6.07, 6.45) is 12.7. The van der Waals surface area contributed by atoms with E-state index >= 15 is 0 Å². The van der Waals surface area contributed by atoms with Crippen LogP contribution in [0.2, 0.25) is 0 Å². The molecule has 2 fully saturated rings. The minimum atomic E-state index is -0.0138. The largest absolute Gasteiger partial charge is 0.336 e. The number of benzene rings is 1. The number of hydrogen-bond donors (Lipinski definition) is 0. The second-order valence-electron chi connectivity index (χ2n) is 7.46. The molecule has 3 rings (SSSR count). The summed E-state index contributed by atoms with van der Waals surface area (Å²) >= 11 is 0. The van der Waals surface area contributed by atoms with Crippen LogP contribution in [-0.2, 0) is 4.79 Å². The van der Waals surface area contributed by atoms with Crippen molar-refractivity contribution in [1.82, 2.24) is 4.90 Å². The van der Waals surface area contributed by atoms with Gasteiger partial charge in [0.1, 0.15) is 0 Å². The summed E-state index contributed by atoms with van der Waals surface area (Å²) in [5.41, 5.74) is 1.16. The van der Waals surface area contributed by atoms with E-state index in [0.717, 1.165) is 5.56 Å². The second-order valence-corrected chi connectivity index (χ2v) is 7.46. The Morgan fingerprint density at radius 2 is 1.35 bits per heavy atom. The Bertz CT molecular complexity index is 468. The molecule has 0 radical (unpaired) electrons. The lowest BCUT2D eigenvalue weighted by Crippen LogP contribution is -2.50. The number of nitrogens with zero attached hydrogens (tertiary/aromatic N) is 1. The third-order valence-electron chi connectivity index (χ3n) is 5.86. The van der Waals surface area contributed by atoms with Crippen molar-refractivity contribution in [3.05, 3.63) is 35.9 Å². The molecule has 1 aromatic carbocycles. The lowest BCUT2D eigenvalue weighted by atomic mass is 9.87. The zero-order valence-corrected chi connectivity index (χ0v) is 14.5. The first-order valence-electron chi connectivity index (χ1n) is 9.64. The van der Waals surface area contributed by atoms with E-state index < -0.39 is 0 Å². The standard InChI is InChI=1S/C21H31NO/c1-17(18-11-5-2-6-12-18)21(23)22(19-13-7-3-8-14-19)20-15-9-4-10-16-20/h2,5-6,11-12,17,19-20H,3-4,7-10,13-16H2,1H3. The van der Waals surface area contributed by atoms with Gasteiger partial charge in [-0.2, -0.15) is 0 Å². The van der Waals surface area contributed by atoms with Gasteiger partial charge in [0.25, 0.3) is 0 Å². The van der Waals surface area contributed by atoms with E-state index in [9.17, 15) is 4.79 Å². The van der Waals surface area contributed by atoms with Crippen molar-refractivity contribution >= 4 is 5.91 Å². The van der Waals surface area contributed by atoms with Gasteiger partial charge in [-0.1, -0.05) is 68.9 Å². The maximum absolute atomic E-state index is 13.4. The van der Waals surface area contributed by atoms with E-state index in [1.807, 2.05) is 18.2 Å². The van der Waals surface area contributed by atoms with Gasteiger partial charge in [0.2, 0.25) is 5.91 Å². The van der Waals surface area contributed by atoms with Gasteiger partial charge in [-0.15, -0.1) is 0 Å². The molecule has 0 saturated heterocycles. The number of carbonyl (C=O) groups is 1. The molecule has 0 aliphatic heterocycles. The van der Waals surface area contributed by atoms with Gasteiger partial charge in [-0.25, -0.2) is 0 Å². The van der Waals surface area contributed by atoms with Crippen LogP contribution in [0.3, 0.4) is 0 Å². The van der Waals surface area contributed by atoms with E-state index in [1.165, 1.54) is 64.2 Å². The third-order valence-corrected chi connectivity index (χ3v) is 5.86. The Labute approximate surface area is 141 Å². The summed E-state index contributed by atoms with van der Waals surface area (Å²) in [5, 5.41) is 0. The molecule has 0 spiro atoms. The number of amides is 1. The van der Waals surface area contributed by atoms with Crippen molar-refractivity contribution in [2.75, 3.05) is 0 Å². The van der Waals surface area contributed by atoms with Gasteiger partial charge < -0.3 is 4.90 Å². The maximum Gasteiger partial charge on any atom is 0.230 e. The van der Waals surface area contributed by atoms with Crippen molar-refractivity contribution < 1.29 is 4.79 Å². The Morgan fingerprint density at radius 3 is 1.83 bits per heavy atom. The SMILES string of the molecule is CC(C(=O)N(C1CCCCC1)C1CCCCC1)c1ccccc1. The predicted molar refractivity (Wildman–Crippen MR) is 95.4 cm³/mol. The molecule has 0 heterocycles.